The van der Waals surface area contributed by atoms with Gasteiger partial charge in [0.05, 0.1) is 15.9 Å². The molecule has 24 heavy (non-hydrogen) atoms. The molecule has 0 atom stereocenters. The number of thiophene rings is 1. The van der Waals surface area contributed by atoms with Crippen molar-refractivity contribution in [1.82, 2.24) is 9.88 Å². The second-order valence-corrected chi connectivity index (χ2v) is 6.28. The van der Waals surface area contributed by atoms with Gasteiger partial charge in [-0.15, -0.1) is 11.3 Å². The summed E-state index contributed by atoms with van der Waals surface area (Å²) in [6, 6.07) is 13.9. The van der Waals surface area contributed by atoms with Gasteiger partial charge in [-0.2, -0.15) is 0 Å². The summed E-state index contributed by atoms with van der Waals surface area (Å²) < 4.78 is 6.84. The van der Waals surface area contributed by atoms with E-state index < -0.39 is 0 Å². The summed E-state index contributed by atoms with van der Waals surface area (Å²) in [5.74, 6) is 0.720. The first kappa shape index (κ1) is 16.5. The van der Waals surface area contributed by atoms with Crippen LogP contribution in [0, 0.1) is 0 Å². The van der Waals surface area contributed by atoms with Crippen molar-refractivity contribution >= 4 is 27.5 Å². The number of ether oxygens (including phenoxy) is 1. The minimum Gasteiger partial charge on any atom is -0.482 e. The number of carbonyl (C=O) groups is 1. The normalized spacial score (nSPS) is 10.8. The summed E-state index contributed by atoms with van der Waals surface area (Å²) in [5.41, 5.74) is 2.78. The Kier molecular flexibility index (Phi) is 5.11. The molecule has 3 rings (SSSR count). The third kappa shape index (κ3) is 3.41. The molecule has 5 heteroatoms. The van der Waals surface area contributed by atoms with Gasteiger partial charge < -0.3 is 9.64 Å². The van der Waals surface area contributed by atoms with Gasteiger partial charge in [-0.3, -0.25) is 4.79 Å². The molecule has 0 saturated heterocycles. The van der Waals surface area contributed by atoms with E-state index in [1.165, 1.54) is 0 Å². The molecular formula is C19H20N2O2S. The van der Waals surface area contributed by atoms with Crippen LogP contribution in [0.15, 0.2) is 47.8 Å². The lowest BCUT2D eigenvalue weighted by Crippen LogP contribution is -2.34. The summed E-state index contributed by atoms with van der Waals surface area (Å²) in [6.45, 7) is 5.38. The molecule has 1 aromatic carbocycles. The third-order valence-electron chi connectivity index (χ3n) is 3.91. The number of benzene rings is 1. The van der Waals surface area contributed by atoms with Crippen molar-refractivity contribution in [1.29, 1.82) is 0 Å². The van der Waals surface area contributed by atoms with Gasteiger partial charge in [0, 0.05) is 24.7 Å². The van der Waals surface area contributed by atoms with E-state index in [9.17, 15) is 4.79 Å². The summed E-state index contributed by atoms with van der Waals surface area (Å²) in [5, 5.41) is 1.99. The van der Waals surface area contributed by atoms with E-state index in [0.717, 1.165) is 21.5 Å². The number of aromatic nitrogens is 1. The first-order valence-corrected chi connectivity index (χ1v) is 8.95. The molecule has 0 aliphatic rings. The van der Waals surface area contributed by atoms with Crippen molar-refractivity contribution < 1.29 is 9.53 Å². The van der Waals surface area contributed by atoms with Crippen molar-refractivity contribution in [3.8, 4) is 17.0 Å². The zero-order valence-corrected chi connectivity index (χ0v) is 14.7. The lowest BCUT2D eigenvalue weighted by atomic mass is 10.1. The van der Waals surface area contributed by atoms with E-state index in [-0.39, 0.29) is 12.5 Å². The van der Waals surface area contributed by atoms with Gasteiger partial charge in [0.25, 0.3) is 5.91 Å². The number of hydrogen-bond donors (Lipinski definition) is 0. The monoisotopic (exact) mass is 340 g/mol. The molecule has 0 unspecified atom stereocenters. The quantitative estimate of drug-likeness (QED) is 0.675. The Morgan fingerprint density at radius 3 is 2.62 bits per heavy atom. The number of nitrogens with zero attached hydrogens (tertiary/aromatic N) is 2. The van der Waals surface area contributed by atoms with Gasteiger partial charge in [0.2, 0.25) is 0 Å². The highest BCUT2D eigenvalue weighted by Gasteiger charge is 2.14. The maximum Gasteiger partial charge on any atom is 0.260 e. The Bertz CT molecular complexity index is 826. The van der Waals surface area contributed by atoms with E-state index in [0.29, 0.717) is 18.8 Å². The van der Waals surface area contributed by atoms with Gasteiger partial charge in [-0.1, -0.05) is 30.3 Å². The Morgan fingerprint density at radius 1 is 1.17 bits per heavy atom. The highest BCUT2D eigenvalue weighted by atomic mass is 32.1. The van der Waals surface area contributed by atoms with Crippen molar-refractivity contribution in [3.63, 3.8) is 0 Å². The predicted octanol–water partition coefficient (Wildman–Crippen LogP) is 4.21. The molecule has 0 fully saturated rings. The van der Waals surface area contributed by atoms with Crippen LogP contribution in [-0.4, -0.2) is 35.5 Å². The van der Waals surface area contributed by atoms with Gasteiger partial charge in [-0.05, 0) is 25.3 Å². The molecule has 2 aromatic heterocycles. The van der Waals surface area contributed by atoms with Gasteiger partial charge >= 0.3 is 0 Å². The van der Waals surface area contributed by atoms with Gasteiger partial charge in [0.1, 0.15) is 5.75 Å². The number of amides is 1. The number of likely N-dealkylation sites (N-methyl/N-ethyl adjacent to an activating group) is 1. The standard InChI is InChI=1S/C19H20N2O2S/c1-3-21(4-2)18(22)13-23-17-12-16(14-8-6-5-7-9-14)20-15-10-11-24-19(15)17/h5-12H,3-4,13H2,1-2H3. The first-order valence-electron chi connectivity index (χ1n) is 8.07. The third-order valence-corrected chi connectivity index (χ3v) is 4.83. The molecule has 0 spiro atoms. The Hall–Kier alpha value is -2.40. The van der Waals surface area contributed by atoms with E-state index in [2.05, 4.69) is 0 Å². The summed E-state index contributed by atoms with van der Waals surface area (Å²) in [6.07, 6.45) is 0. The zero-order chi connectivity index (χ0) is 16.9. The molecule has 0 aliphatic carbocycles. The van der Waals surface area contributed by atoms with Gasteiger partial charge in [-0.25, -0.2) is 4.98 Å². The number of hydrogen-bond acceptors (Lipinski definition) is 4. The van der Waals surface area contributed by atoms with Crippen LogP contribution in [0.2, 0.25) is 0 Å². The lowest BCUT2D eigenvalue weighted by molar-refractivity contribution is -0.132. The van der Waals surface area contributed by atoms with E-state index in [1.807, 2.05) is 61.7 Å². The Labute approximate surface area is 145 Å². The highest BCUT2D eigenvalue weighted by molar-refractivity contribution is 7.17. The predicted molar refractivity (Wildman–Crippen MR) is 98.5 cm³/mol. The first-order chi connectivity index (χ1) is 11.7. The van der Waals surface area contributed by atoms with Gasteiger partial charge in [0.15, 0.2) is 6.61 Å². The number of pyridine rings is 1. The minimum atomic E-state index is 0.00257. The molecule has 0 bridgehead atoms. The molecule has 4 nitrogen and oxygen atoms in total. The van der Waals surface area contributed by atoms with E-state index >= 15 is 0 Å². The Balaban J connectivity index is 1.89. The molecular weight excluding hydrogens is 320 g/mol. The second-order valence-electron chi connectivity index (χ2n) is 5.36. The van der Waals surface area contributed by atoms with Crippen molar-refractivity contribution in [2.24, 2.45) is 0 Å². The van der Waals surface area contributed by atoms with Crippen LogP contribution < -0.4 is 4.74 Å². The highest BCUT2D eigenvalue weighted by Crippen LogP contribution is 2.33. The number of fused-ring (bicyclic) bond motifs is 1. The Morgan fingerprint density at radius 2 is 1.92 bits per heavy atom. The molecule has 3 aromatic rings. The second kappa shape index (κ2) is 7.45. The van der Waals surface area contributed by atoms with Crippen LogP contribution in [0.1, 0.15) is 13.8 Å². The maximum absolute atomic E-state index is 12.2. The van der Waals surface area contributed by atoms with Crippen molar-refractivity contribution in [3.05, 3.63) is 47.8 Å². The molecule has 0 saturated carbocycles. The lowest BCUT2D eigenvalue weighted by Gasteiger charge is -2.19. The molecule has 1 amide bonds. The average Bonchev–Trinajstić information content (AvgIpc) is 3.10. The zero-order valence-electron chi connectivity index (χ0n) is 13.9. The summed E-state index contributed by atoms with van der Waals surface area (Å²) in [7, 11) is 0. The summed E-state index contributed by atoms with van der Waals surface area (Å²) in [4.78, 5) is 18.7. The molecule has 0 aliphatic heterocycles. The molecule has 0 N–H and O–H groups in total. The van der Waals surface area contributed by atoms with E-state index in [1.54, 1.807) is 16.2 Å². The van der Waals surface area contributed by atoms with Crippen LogP contribution >= 0.6 is 11.3 Å². The number of carbonyl (C=O) groups excluding carboxylic acids is 1. The fourth-order valence-electron chi connectivity index (χ4n) is 2.60. The smallest absolute Gasteiger partial charge is 0.260 e. The maximum atomic E-state index is 12.2. The number of rotatable bonds is 6. The molecule has 0 radical (unpaired) electrons. The largest absolute Gasteiger partial charge is 0.482 e. The summed E-state index contributed by atoms with van der Waals surface area (Å²) >= 11 is 1.58. The van der Waals surface area contributed by atoms with Crippen LogP contribution in [0.3, 0.4) is 0 Å². The van der Waals surface area contributed by atoms with Crippen molar-refractivity contribution in [2.75, 3.05) is 19.7 Å². The average molecular weight is 340 g/mol. The van der Waals surface area contributed by atoms with Crippen LogP contribution in [0.5, 0.6) is 5.75 Å². The van der Waals surface area contributed by atoms with Crippen LogP contribution in [0.4, 0.5) is 0 Å². The van der Waals surface area contributed by atoms with Crippen molar-refractivity contribution in [2.45, 2.75) is 13.8 Å². The molecule has 2 heterocycles. The fraction of sp³-hybridized carbons (Fsp3) is 0.263. The van der Waals surface area contributed by atoms with Crippen LogP contribution in [-0.2, 0) is 4.79 Å². The van der Waals surface area contributed by atoms with Crippen LogP contribution in [0.25, 0.3) is 21.5 Å². The SMILES string of the molecule is CCN(CC)C(=O)COc1cc(-c2ccccc2)nc2ccsc12. The van der Waals surface area contributed by atoms with E-state index in [4.69, 9.17) is 9.72 Å². The topological polar surface area (TPSA) is 42.4 Å². The fourth-order valence-corrected chi connectivity index (χ4v) is 3.40. The molecule has 124 valence electrons. The minimum absolute atomic E-state index is 0.00257.